The molecular formula is C17H18N4O5S. The number of nitrogens with one attached hydrogen (secondary N) is 2. The van der Waals surface area contributed by atoms with Crippen LogP contribution >= 0.6 is 11.9 Å². The molecule has 2 aromatic rings. The summed E-state index contributed by atoms with van der Waals surface area (Å²) >= 11 is 1.41. The van der Waals surface area contributed by atoms with E-state index in [0.29, 0.717) is 24.6 Å². The number of nitro benzene ring substituents is 1. The average Bonchev–Trinajstić information content (AvgIpc) is 2.89. The van der Waals surface area contributed by atoms with E-state index in [9.17, 15) is 14.9 Å². The maximum Gasteiger partial charge on any atom is 0.273 e. The molecule has 0 saturated carbocycles. The predicted molar refractivity (Wildman–Crippen MR) is 100 cm³/mol. The molecule has 10 heteroatoms. The molecule has 0 aromatic heterocycles. The smallest absolute Gasteiger partial charge is 0.273 e. The van der Waals surface area contributed by atoms with Crippen molar-refractivity contribution in [1.82, 2.24) is 9.79 Å². The molecule has 142 valence electrons. The van der Waals surface area contributed by atoms with E-state index < -0.39 is 16.9 Å². The SMILES string of the molecule is C[C@H](C(=O)NO)N1CCNc2cc(Oc3cccc([N+](=O)[O-])c3)ccc2S1. The molecule has 0 bridgehead atoms. The Bertz CT molecular complexity index is 863. The van der Waals surface area contributed by atoms with Crippen LogP contribution in [0.25, 0.3) is 0 Å². The Kier molecular flexibility index (Phi) is 5.79. The van der Waals surface area contributed by atoms with E-state index in [0.717, 1.165) is 10.6 Å². The van der Waals surface area contributed by atoms with Gasteiger partial charge in [-0.2, -0.15) is 0 Å². The zero-order valence-electron chi connectivity index (χ0n) is 14.4. The number of amides is 1. The number of rotatable bonds is 5. The molecule has 1 aliphatic rings. The number of nitrogens with zero attached hydrogens (tertiary/aromatic N) is 2. The molecule has 2 aromatic carbocycles. The first kappa shape index (κ1) is 19.0. The zero-order chi connectivity index (χ0) is 19.4. The van der Waals surface area contributed by atoms with Gasteiger partial charge >= 0.3 is 0 Å². The monoisotopic (exact) mass is 390 g/mol. The van der Waals surface area contributed by atoms with Crippen molar-refractivity contribution in [1.29, 1.82) is 0 Å². The molecule has 27 heavy (non-hydrogen) atoms. The first-order chi connectivity index (χ1) is 13.0. The fourth-order valence-corrected chi connectivity index (χ4v) is 3.60. The molecule has 1 atom stereocenters. The second-order valence-corrected chi connectivity index (χ2v) is 6.92. The number of carbonyl (C=O) groups excluding carboxylic acids is 1. The summed E-state index contributed by atoms with van der Waals surface area (Å²) in [5, 5.41) is 23.0. The van der Waals surface area contributed by atoms with E-state index in [-0.39, 0.29) is 5.69 Å². The average molecular weight is 390 g/mol. The van der Waals surface area contributed by atoms with Gasteiger partial charge in [0.2, 0.25) is 0 Å². The van der Waals surface area contributed by atoms with Crippen LogP contribution in [0.3, 0.4) is 0 Å². The van der Waals surface area contributed by atoms with Crippen LogP contribution in [0.2, 0.25) is 0 Å². The highest BCUT2D eigenvalue weighted by atomic mass is 32.2. The number of hydroxylamine groups is 1. The van der Waals surface area contributed by atoms with Crippen LogP contribution in [0.4, 0.5) is 11.4 Å². The van der Waals surface area contributed by atoms with Gasteiger partial charge in [0.15, 0.2) is 0 Å². The molecule has 9 nitrogen and oxygen atoms in total. The number of carbonyl (C=O) groups is 1. The summed E-state index contributed by atoms with van der Waals surface area (Å²) in [5.74, 6) is 0.439. The second kappa shape index (κ2) is 8.25. The molecule has 1 heterocycles. The second-order valence-electron chi connectivity index (χ2n) is 5.83. The van der Waals surface area contributed by atoms with Gasteiger partial charge in [-0.3, -0.25) is 20.1 Å². The Morgan fingerprint density at radius 3 is 2.89 bits per heavy atom. The van der Waals surface area contributed by atoms with Crippen LogP contribution in [0, 0.1) is 10.1 Å². The zero-order valence-corrected chi connectivity index (χ0v) is 15.2. The van der Waals surface area contributed by atoms with Crippen LogP contribution in [0.5, 0.6) is 11.5 Å². The lowest BCUT2D eigenvalue weighted by Gasteiger charge is -2.24. The van der Waals surface area contributed by atoms with E-state index in [2.05, 4.69) is 5.32 Å². The predicted octanol–water partition coefficient (Wildman–Crippen LogP) is 3.02. The number of hydrogen-bond acceptors (Lipinski definition) is 8. The minimum atomic E-state index is -0.506. The van der Waals surface area contributed by atoms with Crippen molar-refractivity contribution in [3.63, 3.8) is 0 Å². The number of hydrogen-bond donors (Lipinski definition) is 3. The lowest BCUT2D eigenvalue weighted by atomic mass is 10.2. The van der Waals surface area contributed by atoms with Crippen LogP contribution in [-0.2, 0) is 4.79 Å². The van der Waals surface area contributed by atoms with Gasteiger partial charge in [-0.15, -0.1) is 0 Å². The Labute approximate surface area is 159 Å². The number of ether oxygens (including phenoxy) is 1. The molecular weight excluding hydrogens is 372 g/mol. The minimum Gasteiger partial charge on any atom is -0.457 e. The number of anilines is 1. The summed E-state index contributed by atoms with van der Waals surface area (Å²) in [5.41, 5.74) is 2.47. The van der Waals surface area contributed by atoms with Crippen LogP contribution in [-0.4, -0.2) is 39.5 Å². The molecule has 0 fully saturated rings. The molecule has 0 unspecified atom stereocenters. The summed E-state index contributed by atoms with van der Waals surface area (Å²) < 4.78 is 7.61. The molecule has 0 aliphatic carbocycles. The number of benzene rings is 2. The fourth-order valence-electron chi connectivity index (χ4n) is 2.56. The molecule has 0 saturated heterocycles. The Morgan fingerprint density at radius 1 is 1.37 bits per heavy atom. The number of nitro groups is 1. The van der Waals surface area contributed by atoms with Gasteiger partial charge in [0.25, 0.3) is 11.6 Å². The van der Waals surface area contributed by atoms with E-state index in [4.69, 9.17) is 9.94 Å². The van der Waals surface area contributed by atoms with Crippen LogP contribution < -0.4 is 15.5 Å². The fraction of sp³-hybridized carbons (Fsp3) is 0.235. The van der Waals surface area contributed by atoms with Crippen LogP contribution in [0.15, 0.2) is 47.4 Å². The standard InChI is InChI=1S/C17H18N4O5S/c1-11(17(22)19-23)20-8-7-18-15-10-14(5-6-16(15)27-20)26-13-4-2-3-12(9-13)21(24)25/h2-6,9-11,18,23H,7-8H2,1H3,(H,19,22)/t11-/m1/s1. The highest BCUT2D eigenvalue weighted by Gasteiger charge is 2.25. The number of fused-ring (bicyclic) bond motifs is 1. The molecule has 1 amide bonds. The van der Waals surface area contributed by atoms with Gasteiger partial charge in [-0.1, -0.05) is 6.07 Å². The highest BCUT2D eigenvalue weighted by Crippen LogP contribution is 2.37. The van der Waals surface area contributed by atoms with Crippen molar-refractivity contribution in [2.45, 2.75) is 17.9 Å². The first-order valence-electron chi connectivity index (χ1n) is 8.16. The summed E-state index contributed by atoms with van der Waals surface area (Å²) in [6.07, 6.45) is 0. The lowest BCUT2D eigenvalue weighted by Crippen LogP contribution is -2.41. The lowest BCUT2D eigenvalue weighted by molar-refractivity contribution is -0.384. The van der Waals surface area contributed by atoms with Crippen molar-refractivity contribution < 1.29 is 19.7 Å². The maximum absolute atomic E-state index is 11.7. The summed E-state index contributed by atoms with van der Waals surface area (Å²) in [7, 11) is 0. The minimum absolute atomic E-state index is 0.0391. The molecule has 0 spiro atoms. The Balaban J connectivity index is 1.77. The van der Waals surface area contributed by atoms with E-state index in [1.807, 2.05) is 10.4 Å². The van der Waals surface area contributed by atoms with Crippen molar-refractivity contribution in [2.75, 3.05) is 18.4 Å². The van der Waals surface area contributed by atoms with Crippen molar-refractivity contribution in [2.24, 2.45) is 0 Å². The summed E-state index contributed by atoms with van der Waals surface area (Å²) in [6, 6.07) is 10.9. The van der Waals surface area contributed by atoms with Crippen LogP contribution in [0.1, 0.15) is 6.92 Å². The van der Waals surface area contributed by atoms with Gasteiger partial charge < -0.3 is 10.1 Å². The third kappa shape index (κ3) is 4.48. The topological polar surface area (TPSA) is 117 Å². The van der Waals surface area contributed by atoms with E-state index in [1.165, 1.54) is 24.1 Å². The Hall–Kier alpha value is -2.82. The van der Waals surface area contributed by atoms with E-state index in [1.54, 1.807) is 36.7 Å². The van der Waals surface area contributed by atoms with Crippen molar-refractivity contribution >= 4 is 29.2 Å². The number of non-ortho nitro benzene ring substituents is 1. The molecule has 3 rings (SSSR count). The summed E-state index contributed by atoms with van der Waals surface area (Å²) in [4.78, 5) is 23.0. The quantitative estimate of drug-likeness (QED) is 0.309. The largest absolute Gasteiger partial charge is 0.457 e. The highest BCUT2D eigenvalue weighted by molar-refractivity contribution is 7.97. The third-order valence-corrected chi connectivity index (χ3v) is 5.29. The van der Waals surface area contributed by atoms with Gasteiger partial charge in [0.1, 0.15) is 11.5 Å². The maximum atomic E-state index is 11.7. The molecule has 1 aliphatic heterocycles. The van der Waals surface area contributed by atoms with Gasteiger partial charge in [-0.05, 0) is 37.1 Å². The van der Waals surface area contributed by atoms with Crippen molar-refractivity contribution in [3.05, 3.63) is 52.6 Å². The normalized spacial score (nSPS) is 15.0. The van der Waals surface area contributed by atoms with Gasteiger partial charge in [-0.25, -0.2) is 9.79 Å². The Morgan fingerprint density at radius 2 is 2.15 bits per heavy atom. The third-order valence-electron chi connectivity index (χ3n) is 4.00. The van der Waals surface area contributed by atoms with Gasteiger partial charge in [0, 0.05) is 30.1 Å². The summed E-state index contributed by atoms with van der Waals surface area (Å²) in [6.45, 7) is 2.90. The molecule has 0 radical (unpaired) electrons. The van der Waals surface area contributed by atoms with E-state index >= 15 is 0 Å². The molecule has 3 N–H and O–H groups in total. The first-order valence-corrected chi connectivity index (χ1v) is 8.94. The van der Waals surface area contributed by atoms with Gasteiger partial charge in [0.05, 0.1) is 22.7 Å². The van der Waals surface area contributed by atoms with Crippen molar-refractivity contribution in [3.8, 4) is 11.5 Å².